The molecule has 1 amide bonds. The Bertz CT molecular complexity index is 1610. The summed E-state index contributed by atoms with van der Waals surface area (Å²) in [5.41, 5.74) is 10.8. The number of benzene rings is 1. The van der Waals surface area contributed by atoms with Crippen molar-refractivity contribution in [1.29, 1.82) is 0 Å². The summed E-state index contributed by atoms with van der Waals surface area (Å²) in [6, 6.07) is 9.44. The molecule has 2 saturated carbocycles. The van der Waals surface area contributed by atoms with E-state index in [9.17, 15) is 14.3 Å². The van der Waals surface area contributed by atoms with E-state index in [-0.39, 0.29) is 31.0 Å². The third-order valence-electron chi connectivity index (χ3n) is 8.78. The molecule has 3 fully saturated rings. The summed E-state index contributed by atoms with van der Waals surface area (Å²) in [4.78, 5) is 25.0. The van der Waals surface area contributed by atoms with Crippen LogP contribution in [0, 0.1) is 5.92 Å². The van der Waals surface area contributed by atoms with Gasteiger partial charge in [-0.15, -0.1) is 0 Å². The zero-order valence-electron chi connectivity index (χ0n) is 22.9. The Morgan fingerprint density at radius 3 is 2.65 bits per heavy atom. The van der Waals surface area contributed by atoms with Crippen LogP contribution >= 0.6 is 0 Å². The number of nitrogens with zero attached hydrogens (tertiary/aromatic N) is 5. The monoisotopic (exact) mass is 546 g/mol. The van der Waals surface area contributed by atoms with Gasteiger partial charge < -0.3 is 29.6 Å². The van der Waals surface area contributed by atoms with E-state index in [4.69, 9.17) is 20.4 Å². The van der Waals surface area contributed by atoms with E-state index in [1.807, 2.05) is 11.6 Å². The highest BCUT2D eigenvalue weighted by Crippen LogP contribution is 2.40. The van der Waals surface area contributed by atoms with Crippen LogP contribution in [0.3, 0.4) is 0 Å². The van der Waals surface area contributed by atoms with Gasteiger partial charge in [-0.1, -0.05) is 0 Å². The van der Waals surface area contributed by atoms with Gasteiger partial charge in [0.15, 0.2) is 5.82 Å². The van der Waals surface area contributed by atoms with Crippen LogP contribution in [0.25, 0.3) is 33.6 Å². The van der Waals surface area contributed by atoms with E-state index in [1.54, 1.807) is 19.2 Å². The minimum absolute atomic E-state index is 0.0381. The van der Waals surface area contributed by atoms with Gasteiger partial charge >= 0.3 is 0 Å². The third-order valence-corrected chi connectivity index (χ3v) is 8.78. The normalized spacial score (nSPS) is 25.0. The lowest BCUT2D eigenvalue weighted by Crippen LogP contribution is -2.50. The first kappa shape index (κ1) is 25.5. The summed E-state index contributed by atoms with van der Waals surface area (Å²) in [5, 5.41) is 10.9. The molecule has 210 valence electrons. The molecule has 10 heteroatoms. The maximum Gasteiger partial charge on any atom is 0.254 e. The minimum Gasteiger partial charge on any atom is -0.494 e. The number of aliphatic hydroxyl groups excluding tert-OH is 1. The number of ether oxygens (including phenoxy) is 1. The van der Waals surface area contributed by atoms with Gasteiger partial charge in [-0.2, -0.15) is 0 Å². The first-order chi connectivity index (χ1) is 19.3. The number of likely N-dealkylation sites (tertiary alicyclic amines) is 1. The molecule has 3 aromatic heterocycles. The molecule has 40 heavy (non-hydrogen) atoms. The van der Waals surface area contributed by atoms with Crippen molar-refractivity contribution < 1.29 is 19.0 Å². The average molecular weight is 547 g/mol. The molecule has 1 saturated heterocycles. The molecule has 0 spiro atoms. The topological polar surface area (TPSA) is 111 Å². The number of halogens is 1. The molecule has 3 aliphatic rings. The molecule has 3 N–H and O–H groups in total. The minimum atomic E-state index is -1.13. The second kappa shape index (κ2) is 9.55. The highest BCUT2D eigenvalue weighted by atomic mass is 19.1. The van der Waals surface area contributed by atoms with Gasteiger partial charge in [-0.25, -0.2) is 14.4 Å². The first-order valence-electron chi connectivity index (χ1n) is 14.2. The van der Waals surface area contributed by atoms with Gasteiger partial charge in [-0.3, -0.25) is 4.79 Å². The number of nitrogens with two attached hydrogens (primary N) is 1. The summed E-state index contributed by atoms with van der Waals surface area (Å²) in [6.07, 6.45) is 2.84. The molecule has 4 heterocycles. The molecule has 1 aliphatic heterocycles. The number of aryl methyl sites for hydroxylation is 1. The number of aromatic nitrogens is 4. The molecular formula is C30H35FN6O3. The van der Waals surface area contributed by atoms with Crippen LogP contribution in [0.4, 0.5) is 4.39 Å². The van der Waals surface area contributed by atoms with E-state index >= 15 is 0 Å². The number of imidazole rings is 1. The Kier molecular flexibility index (Phi) is 6.08. The molecule has 4 aromatic rings. The molecule has 9 nitrogen and oxygen atoms in total. The van der Waals surface area contributed by atoms with Gasteiger partial charge in [-0.05, 0) is 68.4 Å². The van der Waals surface area contributed by atoms with Crippen LogP contribution in [0.1, 0.15) is 54.1 Å². The lowest BCUT2D eigenvalue weighted by molar-refractivity contribution is 0.0606. The van der Waals surface area contributed by atoms with E-state index < -0.39 is 6.17 Å². The largest absolute Gasteiger partial charge is 0.494 e. The number of amides is 1. The quantitative estimate of drug-likeness (QED) is 0.381. The maximum atomic E-state index is 14.2. The Balaban J connectivity index is 1.32. The number of aliphatic hydroxyl groups is 1. The summed E-state index contributed by atoms with van der Waals surface area (Å²) in [5.74, 6) is 1.94. The van der Waals surface area contributed by atoms with E-state index in [1.165, 1.54) is 17.7 Å². The number of piperidine rings is 1. The van der Waals surface area contributed by atoms with Gasteiger partial charge in [0.1, 0.15) is 23.1 Å². The molecular weight excluding hydrogens is 511 g/mol. The number of hydrogen-bond acceptors (Lipinski definition) is 6. The van der Waals surface area contributed by atoms with Crippen molar-refractivity contribution in [3.8, 4) is 17.3 Å². The van der Waals surface area contributed by atoms with Crippen molar-refractivity contribution in [2.45, 2.75) is 62.9 Å². The Morgan fingerprint density at radius 1 is 1.15 bits per heavy atom. The fourth-order valence-electron chi connectivity index (χ4n) is 6.37. The van der Waals surface area contributed by atoms with Gasteiger partial charge in [0.25, 0.3) is 5.91 Å². The zero-order valence-corrected chi connectivity index (χ0v) is 22.9. The van der Waals surface area contributed by atoms with E-state index in [0.717, 1.165) is 53.1 Å². The smallest absolute Gasteiger partial charge is 0.254 e. The average Bonchev–Trinajstić information content (AvgIpc) is 3.59. The van der Waals surface area contributed by atoms with E-state index in [2.05, 4.69) is 22.8 Å². The van der Waals surface area contributed by atoms with Crippen molar-refractivity contribution in [2.75, 3.05) is 20.2 Å². The molecule has 2 atom stereocenters. The third kappa shape index (κ3) is 4.34. The summed E-state index contributed by atoms with van der Waals surface area (Å²) in [6.45, 7) is 1.23. The second-order valence-electron chi connectivity index (χ2n) is 11.9. The van der Waals surface area contributed by atoms with Gasteiger partial charge in [0.05, 0.1) is 31.0 Å². The number of fused-ring (bicyclic) bond motifs is 2. The Labute approximate surface area is 231 Å². The molecule has 7 rings (SSSR count). The van der Waals surface area contributed by atoms with Crippen LogP contribution in [0.2, 0.25) is 0 Å². The summed E-state index contributed by atoms with van der Waals surface area (Å²) < 4.78 is 24.2. The summed E-state index contributed by atoms with van der Waals surface area (Å²) in [7, 11) is 3.54. The van der Waals surface area contributed by atoms with Crippen molar-refractivity contribution in [2.24, 2.45) is 18.7 Å². The van der Waals surface area contributed by atoms with Gasteiger partial charge in [0, 0.05) is 48.7 Å². The predicted octanol–water partition coefficient (Wildman–Crippen LogP) is 3.76. The zero-order chi connectivity index (χ0) is 27.7. The number of carbonyl (C=O) groups is 1. The number of rotatable bonds is 6. The number of hydrogen-bond donors (Lipinski definition) is 2. The maximum absolute atomic E-state index is 14.2. The number of alkyl halides is 1. The van der Waals surface area contributed by atoms with Crippen LogP contribution in [0.5, 0.6) is 5.75 Å². The second-order valence-corrected chi connectivity index (χ2v) is 11.9. The van der Waals surface area contributed by atoms with Crippen LogP contribution in [0.15, 0.2) is 30.3 Å². The molecule has 0 unspecified atom stereocenters. The standard InChI is InChI=1S/C30H35FN6O3/c1-35-27-24(9-19(11-26(27)40-2)30(39)36-14-20(31)12-21(32)15-36)34-29(35)25-10-17-5-6-23(18-7-22(38)8-18)33-28(17)37(25)13-16-3-4-16/h5-6,9-11,16,18,20-22,38H,3-4,7-8,12-15,32H2,1-2H3/t18?,20-,21-,22?/m1/s1. The SMILES string of the molecule is COc1cc(C(=O)N2C[C@H](N)C[C@@H](F)C2)cc2nc(-c3cc4ccc(C5CC(O)C5)nc4n3CC3CC3)n(C)c12. The Hall–Kier alpha value is -3.50. The summed E-state index contributed by atoms with van der Waals surface area (Å²) >= 11 is 0. The van der Waals surface area contributed by atoms with E-state index in [0.29, 0.717) is 35.2 Å². The fraction of sp³-hybridized carbons (Fsp3) is 0.500. The highest BCUT2D eigenvalue weighted by Gasteiger charge is 2.32. The molecule has 0 radical (unpaired) electrons. The fourth-order valence-corrected chi connectivity index (χ4v) is 6.37. The first-order valence-corrected chi connectivity index (χ1v) is 14.2. The van der Waals surface area contributed by atoms with Crippen LogP contribution < -0.4 is 10.5 Å². The number of carbonyl (C=O) groups excluding carboxylic acids is 1. The van der Waals surface area contributed by atoms with Crippen molar-refractivity contribution in [3.05, 3.63) is 41.6 Å². The Morgan fingerprint density at radius 2 is 1.95 bits per heavy atom. The van der Waals surface area contributed by atoms with Crippen LogP contribution in [-0.2, 0) is 13.6 Å². The number of methoxy groups -OCH3 is 1. The van der Waals surface area contributed by atoms with Crippen molar-refractivity contribution in [1.82, 2.24) is 24.0 Å². The van der Waals surface area contributed by atoms with Crippen LogP contribution in [-0.4, -0.2) is 73.5 Å². The molecule has 1 aromatic carbocycles. The lowest BCUT2D eigenvalue weighted by Gasteiger charge is -2.33. The predicted molar refractivity (Wildman–Crippen MR) is 150 cm³/mol. The van der Waals surface area contributed by atoms with Crippen molar-refractivity contribution in [3.63, 3.8) is 0 Å². The van der Waals surface area contributed by atoms with Gasteiger partial charge in [0.2, 0.25) is 0 Å². The van der Waals surface area contributed by atoms with Crippen molar-refractivity contribution >= 4 is 28.0 Å². The highest BCUT2D eigenvalue weighted by molar-refractivity contribution is 6.00. The molecule has 0 bridgehead atoms. The number of pyridine rings is 1. The lowest BCUT2D eigenvalue weighted by atomic mass is 9.80. The molecule has 2 aliphatic carbocycles.